The minimum atomic E-state index is -0.337. The number of hydrogen-bond acceptors (Lipinski definition) is 4. The van der Waals surface area contributed by atoms with Crippen LogP contribution in [0.1, 0.15) is 78.4 Å². The molecule has 7 rings (SSSR count). The topological polar surface area (TPSA) is 50.2 Å². The van der Waals surface area contributed by atoms with Crippen LogP contribution in [0.3, 0.4) is 0 Å². The number of aliphatic hydroxyl groups is 1. The standard InChI is InChI=1S/C31H20NS.C15H28O2.Ir/c1-2-8-20(9-3-1)27-19-23(18-22-11-5-6-12-24(22)27)30-29-26-15-14-21-10-4-7-13-25(21)31(26)33-28(29)16-17-32-30;1-7-14(5,8-2)12(16)11-13(17)15(6,9-3)10-4;/h1-13,16-17,19H,14-15H2;11,16H,7-10H2,1-6H3;/q-1;;/b;12-11-;. The maximum atomic E-state index is 12.2. The molecule has 1 aliphatic carbocycles. The molecule has 0 amide bonds. The Kier molecular flexibility index (Phi) is 12.2. The Labute approximate surface area is 321 Å². The molecular weight excluding hydrogens is 823 g/mol. The van der Waals surface area contributed by atoms with Crippen LogP contribution in [0.5, 0.6) is 0 Å². The van der Waals surface area contributed by atoms with Gasteiger partial charge in [0.1, 0.15) is 5.76 Å². The first-order valence-corrected chi connectivity index (χ1v) is 18.9. The van der Waals surface area contributed by atoms with Gasteiger partial charge in [-0.05, 0) is 72.2 Å². The number of carbonyl (C=O) groups is 1. The zero-order valence-corrected chi connectivity index (χ0v) is 33.8. The molecule has 2 heterocycles. The summed E-state index contributed by atoms with van der Waals surface area (Å²) in [4.78, 5) is 18.5. The van der Waals surface area contributed by atoms with Gasteiger partial charge in [-0.3, -0.25) is 9.78 Å². The molecule has 0 saturated carbocycles. The second kappa shape index (κ2) is 16.2. The van der Waals surface area contributed by atoms with E-state index >= 15 is 0 Å². The first-order chi connectivity index (χ1) is 24.2. The van der Waals surface area contributed by atoms with Crippen molar-refractivity contribution in [2.24, 2.45) is 10.8 Å². The number of thiophene rings is 1. The second-order valence-corrected chi connectivity index (χ2v) is 15.1. The van der Waals surface area contributed by atoms with E-state index in [0.29, 0.717) is 0 Å². The number of aromatic nitrogens is 1. The monoisotopic (exact) mass is 871 g/mol. The third-order valence-electron chi connectivity index (χ3n) is 11.3. The van der Waals surface area contributed by atoms with Crippen LogP contribution in [0.15, 0.2) is 109 Å². The summed E-state index contributed by atoms with van der Waals surface area (Å²) < 4.78 is 1.31. The number of hydrogen-bond donors (Lipinski definition) is 1. The summed E-state index contributed by atoms with van der Waals surface area (Å²) in [6, 6.07) is 36.2. The molecule has 2 aromatic heterocycles. The number of nitrogens with zero attached hydrogens (tertiary/aromatic N) is 1. The number of aliphatic hydroxyl groups excluding tert-OH is 1. The van der Waals surface area contributed by atoms with Gasteiger partial charge in [0.15, 0.2) is 5.78 Å². The first kappa shape index (κ1) is 38.3. The third-order valence-corrected chi connectivity index (χ3v) is 12.6. The van der Waals surface area contributed by atoms with Crippen LogP contribution in [0.4, 0.5) is 0 Å². The fourth-order valence-corrected chi connectivity index (χ4v) is 8.19. The summed E-state index contributed by atoms with van der Waals surface area (Å²) in [5.41, 5.74) is 8.25. The second-order valence-electron chi connectivity index (χ2n) is 14.0. The fourth-order valence-electron chi connectivity index (χ4n) is 6.88. The van der Waals surface area contributed by atoms with Crippen LogP contribution in [0.2, 0.25) is 0 Å². The molecule has 0 atom stereocenters. The van der Waals surface area contributed by atoms with E-state index in [-0.39, 0.29) is 42.5 Å². The number of pyridine rings is 1. The predicted molar refractivity (Wildman–Crippen MR) is 213 cm³/mol. The van der Waals surface area contributed by atoms with Gasteiger partial charge in [-0.1, -0.05) is 131 Å². The van der Waals surface area contributed by atoms with Crippen LogP contribution in [0, 0.1) is 16.9 Å². The van der Waals surface area contributed by atoms with Crippen LogP contribution in [-0.2, 0) is 37.7 Å². The molecule has 1 N–H and O–H groups in total. The molecule has 1 radical (unpaired) electrons. The maximum absolute atomic E-state index is 12.2. The van der Waals surface area contributed by atoms with Gasteiger partial charge in [0.2, 0.25) is 0 Å². The van der Waals surface area contributed by atoms with Crippen molar-refractivity contribution in [1.82, 2.24) is 4.98 Å². The molecule has 1 aliphatic rings. The van der Waals surface area contributed by atoms with Crippen LogP contribution in [0.25, 0.3) is 53.7 Å². The van der Waals surface area contributed by atoms with Gasteiger partial charge in [-0.25, -0.2) is 0 Å². The summed E-state index contributed by atoms with van der Waals surface area (Å²) in [5, 5.41) is 13.8. The number of benzene rings is 4. The van der Waals surface area contributed by atoms with Gasteiger partial charge in [0, 0.05) is 58.5 Å². The smallest absolute Gasteiger partial charge is 0.164 e. The van der Waals surface area contributed by atoms with Gasteiger partial charge in [-0.2, -0.15) is 0 Å². The number of fused-ring (bicyclic) bond motifs is 6. The van der Waals surface area contributed by atoms with Gasteiger partial charge in [0.25, 0.3) is 0 Å². The van der Waals surface area contributed by atoms with Gasteiger partial charge < -0.3 is 5.11 Å². The van der Waals surface area contributed by atoms with Crippen molar-refractivity contribution in [1.29, 1.82) is 0 Å². The molecule has 265 valence electrons. The van der Waals surface area contributed by atoms with Crippen molar-refractivity contribution >= 4 is 38.0 Å². The van der Waals surface area contributed by atoms with Crippen LogP contribution >= 0.6 is 11.3 Å². The molecule has 0 fully saturated rings. The van der Waals surface area contributed by atoms with E-state index in [1.54, 1.807) is 0 Å². The predicted octanol–water partition coefficient (Wildman–Crippen LogP) is 13.0. The summed E-state index contributed by atoms with van der Waals surface area (Å²) in [5.74, 6) is 0.286. The van der Waals surface area contributed by atoms with E-state index in [1.165, 1.54) is 54.2 Å². The first-order valence-electron chi connectivity index (χ1n) is 18.1. The van der Waals surface area contributed by atoms with Gasteiger partial charge in [0.05, 0.1) is 0 Å². The van der Waals surface area contributed by atoms with Crippen LogP contribution in [-0.4, -0.2) is 15.9 Å². The Morgan fingerprint density at radius 2 is 1.47 bits per heavy atom. The Bertz CT molecular complexity index is 2170. The molecule has 0 saturated heterocycles. The number of carbonyl (C=O) groups excluding carboxylic acids is 1. The molecule has 6 aromatic rings. The number of aryl methyl sites for hydroxylation is 2. The minimum Gasteiger partial charge on any atom is -0.512 e. The normalized spacial score (nSPS) is 12.8. The van der Waals surface area contributed by atoms with Gasteiger partial charge in [-0.15, -0.1) is 34.9 Å². The van der Waals surface area contributed by atoms with Gasteiger partial charge >= 0.3 is 0 Å². The molecular formula is C46H48IrNO2S-. The molecule has 51 heavy (non-hydrogen) atoms. The third kappa shape index (κ3) is 7.54. The van der Waals surface area contributed by atoms with Crippen molar-refractivity contribution in [3.8, 4) is 32.8 Å². The van der Waals surface area contributed by atoms with E-state index in [9.17, 15) is 9.90 Å². The number of ketones is 1. The quantitative estimate of drug-likeness (QED) is 0.0895. The van der Waals surface area contributed by atoms with E-state index in [0.717, 1.165) is 55.2 Å². The van der Waals surface area contributed by atoms with Crippen molar-refractivity contribution < 1.29 is 30.0 Å². The SMILES string of the molecule is CCC(C)(CC)C(=O)/C=C(\O)C(C)(CC)CC.[Ir].[c-]1c(-c2nccc3sc4c(c23)CCc2ccccc2-4)cc(-c2ccccc2)c2ccccc12. The maximum Gasteiger partial charge on any atom is 0.164 e. The largest absolute Gasteiger partial charge is 0.512 e. The van der Waals surface area contributed by atoms with E-state index in [4.69, 9.17) is 4.98 Å². The van der Waals surface area contributed by atoms with Crippen LogP contribution < -0.4 is 0 Å². The summed E-state index contributed by atoms with van der Waals surface area (Å²) in [6.45, 7) is 12.1. The molecule has 5 heteroatoms. The Hall–Kier alpha value is -3.89. The van der Waals surface area contributed by atoms with Crippen molar-refractivity contribution in [3.63, 3.8) is 0 Å². The fraction of sp³-hybridized carbons (Fsp3) is 0.304. The molecule has 3 nitrogen and oxygen atoms in total. The molecule has 0 aliphatic heterocycles. The molecule has 0 bridgehead atoms. The summed E-state index contributed by atoms with van der Waals surface area (Å²) in [6.07, 6.45) is 8.85. The minimum absolute atomic E-state index is 0. The number of allylic oxidation sites excluding steroid dienone is 2. The Morgan fingerprint density at radius 3 is 2.18 bits per heavy atom. The zero-order chi connectivity index (χ0) is 35.5. The van der Waals surface area contributed by atoms with Crippen molar-refractivity contribution in [2.75, 3.05) is 0 Å². The molecule has 0 unspecified atom stereocenters. The summed E-state index contributed by atoms with van der Waals surface area (Å²) >= 11 is 1.90. The van der Waals surface area contributed by atoms with Crippen molar-refractivity contribution in [3.05, 3.63) is 126 Å². The van der Waals surface area contributed by atoms with E-state index in [1.807, 2.05) is 59.1 Å². The molecule has 0 spiro atoms. The molecule has 4 aromatic carbocycles. The zero-order valence-electron chi connectivity index (χ0n) is 30.6. The summed E-state index contributed by atoms with van der Waals surface area (Å²) in [7, 11) is 0. The number of rotatable bonds is 9. The van der Waals surface area contributed by atoms with Crippen molar-refractivity contribution in [2.45, 2.75) is 80.1 Å². The Balaban J connectivity index is 0.000000242. The van der Waals surface area contributed by atoms with E-state index < -0.39 is 0 Å². The average molecular weight is 871 g/mol. The Morgan fingerprint density at radius 1 is 0.824 bits per heavy atom. The average Bonchev–Trinajstić information content (AvgIpc) is 3.57. The van der Waals surface area contributed by atoms with E-state index in [2.05, 4.69) is 97.1 Å².